The molecule has 142 valence electrons. The summed E-state index contributed by atoms with van der Waals surface area (Å²) in [5.41, 5.74) is 3.13. The summed E-state index contributed by atoms with van der Waals surface area (Å²) in [7, 11) is 9.76. The molecule has 0 aliphatic carbocycles. The number of nitrogens with zero attached hydrogens (tertiary/aromatic N) is 5. The summed E-state index contributed by atoms with van der Waals surface area (Å²) < 4.78 is 4.20. The van der Waals surface area contributed by atoms with Crippen molar-refractivity contribution in [1.29, 1.82) is 0 Å². The van der Waals surface area contributed by atoms with Crippen molar-refractivity contribution in [3.8, 4) is 0 Å². The van der Waals surface area contributed by atoms with Crippen molar-refractivity contribution in [3.05, 3.63) is 35.4 Å². The molecular formula is C19H30N6O. The highest BCUT2D eigenvalue weighted by Crippen LogP contribution is 2.33. The van der Waals surface area contributed by atoms with E-state index in [1.54, 1.807) is 7.05 Å². The van der Waals surface area contributed by atoms with Gasteiger partial charge in [0.1, 0.15) is 5.69 Å². The monoisotopic (exact) mass is 358 g/mol. The Kier molecular flexibility index (Phi) is 5.36. The number of carbonyl (C=O) groups is 1. The third-order valence-corrected chi connectivity index (χ3v) is 5.40. The van der Waals surface area contributed by atoms with Gasteiger partial charge in [-0.05, 0) is 31.5 Å². The predicted molar refractivity (Wildman–Crippen MR) is 103 cm³/mol. The number of imidazole rings is 1. The summed E-state index contributed by atoms with van der Waals surface area (Å²) >= 11 is 0. The number of carbonyl (C=O) groups excluding carboxylic acids is 1. The van der Waals surface area contributed by atoms with Crippen LogP contribution in [0.1, 0.15) is 47.2 Å². The molecular weight excluding hydrogens is 328 g/mol. The highest BCUT2D eigenvalue weighted by molar-refractivity contribution is 5.92. The van der Waals surface area contributed by atoms with Crippen LogP contribution >= 0.6 is 0 Å². The van der Waals surface area contributed by atoms with Gasteiger partial charge in [0.2, 0.25) is 5.95 Å². The molecule has 0 saturated carbocycles. The number of rotatable bonds is 5. The normalized spacial score (nSPS) is 18.1. The third-order valence-electron chi connectivity index (χ3n) is 5.40. The van der Waals surface area contributed by atoms with E-state index in [2.05, 4.69) is 32.9 Å². The van der Waals surface area contributed by atoms with Crippen LogP contribution in [0.25, 0.3) is 0 Å². The number of nitrogens with one attached hydrogen (secondary N) is 1. The van der Waals surface area contributed by atoms with Crippen LogP contribution in [0.3, 0.4) is 0 Å². The van der Waals surface area contributed by atoms with E-state index in [4.69, 9.17) is 0 Å². The van der Waals surface area contributed by atoms with Crippen molar-refractivity contribution in [2.24, 2.45) is 14.1 Å². The maximum absolute atomic E-state index is 12.1. The topological polar surface area (TPSA) is 58.3 Å². The lowest BCUT2D eigenvalue weighted by atomic mass is 9.99. The Balaban J connectivity index is 1.85. The molecule has 2 aromatic rings. The van der Waals surface area contributed by atoms with Crippen molar-refractivity contribution < 1.29 is 4.79 Å². The quantitative estimate of drug-likeness (QED) is 0.887. The van der Waals surface area contributed by atoms with E-state index in [1.165, 1.54) is 24.2 Å². The van der Waals surface area contributed by atoms with Gasteiger partial charge in [-0.15, -0.1) is 0 Å². The second-order valence-electron chi connectivity index (χ2n) is 7.27. The Morgan fingerprint density at radius 3 is 2.69 bits per heavy atom. The van der Waals surface area contributed by atoms with Crippen LogP contribution in [0.2, 0.25) is 0 Å². The van der Waals surface area contributed by atoms with E-state index >= 15 is 0 Å². The Hall–Kier alpha value is -2.28. The van der Waals surface area contributed by atoms with Crippen LogP contribution in [0, 0.1) is 0 Å². The highest BCUT2D eigenvalue weighted by Gasteiger charge is 2.28. The summed E-state index contributed by atoms with van der Waals surface area (Å²) in [5.74, 6) is 0.928. The second-order valence-corrected chi connectivity index (χ2v) is 7.27. The minimum absolute atomic E-state index is 0.0385. The van der Waals surface area contributed by atoms with Gasteiger partial charge in [0.15, 0.2) is 0 Å². The van der Waals surface area contributed by atoms with Crippen LogP contribution in [-0.4, -0.2) is 52.6 Å². The Labute approximate surface area is 155 Å². The van der Waals surface area contributed by atoms with E-state index in [-0.39, 0.29) is 5.91 Å². The molecule has 1 aliphatic heterocycles. The van der Waals surface area contributed by atoms with Gasteiger partial charge in [-0.2, -0.15) is 0 Å². The van der Waals surface area contributed by atoms with Crippen molar-refractivity contribution in [1.82, 2.24) is 24.3 Å². The first-order chi connectivity index (χ1) is 12.4. The van der Waals surface area contributed by atoms with Crippen molar-refractivity contribution in [2.75, 3.05) is 32.6 Å². The molecule has 1 unspecified atom stereocenters. The summed E-state index contributed by atoms with van der Waals surface area (Å²) in [5, 5.41) is 2.72. The van der Waals surface area contributed by atoms with Gasteiger partial charge in [0.05, 0.1) is 17.9 Å². The average Bonchev–Trinajstić information content (AvgIpc) is 3.18. The number of hydrogen-bond acceptors (Lipinski definition) is 4. The number of anilines is 1. The molecule has 1 saturated heterocycles. The Morgan fingerprint density at radius 1 is 1.27 bits per heavy atom. The zero-order chi connectivity index (χ0) is 18.8. The fraction of sp³-hybridized carbons (Fsp3) is 0.579. The summed E-state index contributed by atoms with van der Waals surface area (Å²) in [6.07, 6.45) is 5.52. The van der Waals surface area contributed by atoms with E-state index < -0.39 is 0 Å². The summed E-state index contributed by atoms with van der Waals surface area (Å²) in [6.45, 7) is 1.93. The minimum atomic E-state index is -0.0385. The molecule has 7 heteroatoms. The van der Waals surface area contributed by atoms with E-state index in [1.807, 2.05) is 42.9 Å². The lowest BCUT2D eigenvalue weighted by molar-refractivity contribution is 0.0952. The molecule has 7 nitrogen and oxygen atoms in total. The molecule has 1 aliphatic rings. The maximum atomic E-state index is 12.1. The molecule has 3 heterocycles. The van der Waals surface area contributed by atoms with Crippen LogP contribution in [0.5, 0.6) is 0 Å². The lowest BCUT2D eigenvalue weighted by Gasteiger charge is -2.36. The fourth-order valence-electron chi connectivity index (χ4n) is 3.94. The first kappa shape index (κ1) is 18.5. The largest absolute Gasteiger partial charge is 0.354 e. The molecule has 0 spiro atoms. The number of likely N-dealkylation sites (tertiary alicyclic amines) is 1. The van der Waals surface area contributed by atoms with E-state index in [0.717, 1.165) is 25.5 Å². The van der Waals surface area contributed by atoms with Crippen molar-refractivity contribution in [3.63, 3.8) is 0 Å². The summed E-state index contributed by atoms with van der Waals surface area (Å²) in [6, 6.07) is 4.35. The van der Waals surface area contributed by atoms with Gasteiger partial charge >= 0.3 is 0 Å². The smallest absolute Gasteiger partial charge is 0.267 e. The molecule has 3 rings (SSSR count). The first-order valence-corrected chi connectivity index (χ1v) is 9.23. The number of hydrogen-bond donors (Lipinski definition) is 1. The van der Waals surface area contributed by atoms with Crippen molar-refractivity contribution >= 4 is 11.9 Å². The maximum Gasteiger partial charge on any atom is 0.267 e. The molecule has 0 bridgehead atoms. The molecule has 1 N–H and O–H groups in total. The van der Waals surface area contributed by atoms with Crippen LogP contribution in [0.4, 0.5) is 5.95 Å². The number of aromatic nitrogens is 3. The minimum Gasteiger partial charge on any atom is -0.354 e. The molecule has 1 amide bonds. The third kappa shape index (κ3) is 3.35. The van der Waals surface area contributed by atoms with Crippen LogP contribution in [0.15, 0.2) is 18.3 Å². The van der Waals surface area contributed by atoms with E-state index in [9.17, 15) is 4.79 Å². The molecule has 1 fully saturated rings. The molecule has 0 radical (unpaired) electrons. The SMILES string of the molecule is CNC(=O)c1ccc(C2CCCCN2Cc2cnc(N(C)C)n2C)n1C. The van der Waals surface area contributed by atoms with Crippen molar-refractivity contribution in [2.45, 2.75) is 31.8 Å². The van der Waals surface area contributed by atoms with Gasteiger partial charge in [-0.1, -0.05) is 6.42 Å². The highest BCUT2D eigenvalue weighted by atomic mass is 16.1. The van der Waals surface area contributed by atoms with Crippen LogP contribution < -0.4 is 10.2 Å². The van der Waals surface area contributed by atoms with E-state index in [0.29, 0.717) is 11.7 Å². The fourth-order valence-corrected chi connectivity index (χ4v) is 3.94. The van der Waals surface area contributed by atoms with Crippen LogP contribution in [-0.2, 0) is 20.6 Å². The lowest BCUT2D eigenvalue weighted by Crippen LogP contribution is -2.35. The first-order valence-electron chi connectivity index (χ1n) is 9.23. The van der Waals surface area contributed by atoms with Gasteiger partial charge < -0.3 is 19.4 Å². The number of piperidine rings is 1. The zero-order valence-electron chi connectivity index (χ0n) is 16.5. The molecule has 26 heavy (non-hydrogen) atoms. The molecule has 2 aromatic heterocycles. The molecule has 1 atom stereocenters. The second kappa shape index (κ2) is 7.53. The van der Waals surface area contributed by atoms with Gasteiger partial charge in [0, 0.05) is 47.5 Å². The Bertz CT molecular complexity index is 775. The van der Waals surface area contributed by atoms with Gasteiger partial charge in [-0.25, -0.2) is 4.98 Å². The average molecular weight is 358 g/mol. The standard InChI is InChI=1S/C19H30N6O/c1-20-18(26)17-10-9-15(24(17)5)16-8-6-7-11-25(16)13-14-12-21-19(22(2)3)23(14)4/h9-10,12,16H,6-8,11,13H2,1-5H3,(H,20,26). The predicted octanol–water partition coefficient (Wildman–Crippen LogP) is 1.91. The Morgan fingerprint density at radius 2 is 2.04 bits per heavy atom. The molecule has 0 aromatic carbocycles. The van der Waals surface area contributed by atoms with Gasteiger partial charge in [0.25, 0.3) is 5.91 Å². The van der Waals surface area contributed by atoms with Gasteiger partial charge in [-0.3, -0.25) is 9.69 Å². The number of amides is 1. The zero-order valence-corrected chi connectivity index (χ0v) is 16.5. The summed E-state index contributed by atoms with van der Waals surface area (Å²) in [4.78, 5) is 21.1.